The van der Waals surface area contributed by atoms with Crippen LogP contribution in [-0.4, -0.2) is 14.5 Å². The van der Waals surface area contributed by atoms with Gasteiger partial charge in [0.05, 0.1) is 22.2 Å². The summed E-state index contributed by atoms with van der Waals surface area (Å²) in [5, 5.41) is 7.89. The number of aryl methyl sites for hydroxylation is 1. The molecule has 8 aromatic rings. The third-order valence-electron chi connectivity index (χ3n) is 7.13. The number of rotatable bonds is 1. The Morgan fingerprint density at radius 1 is 0.600 bits per heavy atom. The van der Waals surface area contributed by atoms with Gasteiger partial charge in [0, 0.05) is 37.7 Å². The van der Waals surface area contributed by atoms with Crippen LogP contribution in [0.4, 0.5) is 0 Å². The van der Waals surface area contributed by atoms with Crippen molar-refractivity contribution in [1.29, 1.82) is 0 Å². The minimum atomic E-state index is 0.685. The van der Waals surface area contributed by atoms with E-state index in [1.54, 1.807) is 0 Å². The zero-order valence-corrected chi connectivity index (χ0v) is 19.0. The summed E-state index contributed by atoms with van der Waals surface area (Å²) >= 11 is 0. The third kappa shape index (κ3) is 2.40. The molecule has 0 radical (unpaired) electrons. The Bertz CT molecular complexity index is 2130. The van der Waals surface area contributed by atoms with Crippen molar-refractivity contribution in [3.63, 3.8) is 0 Å². The van der Waals surface area contributed by atoms with E-state index in [4.69, 9.17) is 14.4 Å². The molecule has 164 valence electrons. The molecule has 3 heterocycles. The molecule has 0 N–H and O–H groups in total. The molecule has 0 aliphatic heterocycles. The first-order valence-electron chi connectivity index (χ1n) is 11.8. The summed E-state index contributed by atoms with van der Waals surface area (Å²) in [5.41, 5.74) is 5.92. The third-order valence-corrected chi connectivity index (χ3v) is 7.13. The van der Waals surface area contributed by atoms with Crippen molar-refractivity contribution < 1.29 is 4.42 Å². The summed E-state index contributed by atoms with van der Waals surface area (Å²) in [5.74, 6) is 0.685. The second-order valence-electron chi connectivity index (χ2n) is 9.05. The molecule has 0 spiro atoms. The average molecular weight is 450 g/mol. The second-order valence-corrected chi connectivity index (χ2v) is 9.05. The molecule has 0 unspecified atom stereocenters. The van der Waals surface area contributed by atoms with Crippen LogP contribution in [0.15, 0.2) is 101 Å². The van der Waals surface area contributed by atoms with Crippen molar-refractivity contribution in [2.45, 2.75) is 6.92 Å². The Morgan fingerprint density at radius 2 is 1.26 bits per heavy atom. The van der Waals surface area contributed by atoms with Crippen molar-refractivity contribution in [3.8, 4) is 5.95 Å². The summed E-state index contributed by atoms with van der Waals surface area (Å²) in [6, 6.07) is 33.5. The lowest BCUT2D eigenvalue weighted by Crippen LogP contribution is -2.03. The second kappa shape index (κ2) is 6.67. The van der Waals surface area contributed by atoms with E-state index in [0.29, 0.717) is 5.95 Å². The number of aromatic nitrogens is 3. The molecule has 0 atom stereocenters. The highest BCUT2D eigenvalue weighted by Crippen LogP contribution is 2.45. The number of furan rings is 1. The van der Waals surface area contributed by atoms with Crippen molar-refractivity contribution in [2.24, 2.45) is 0 Å². The summed E-state index contributed by atoms with van der Waals surface area (Å²) in [6.07, 6.45) is 0. The van der Waals surface area contributed by atoms with Gasteiger partial charge in [0.1, 0.15) is 11.2 Å². The van der Waals surface area contributed by atoms with Gasteiger partial charge in [-0.25, -0.2) is 9.97 Å². The Labute approximate surface area is 200 Å². The highest BCUT2D eigenvalue weighted by molar-refractivity contribution is 6.35. The Kier molecular flexibility index (Phi) is 3.56. The molecule has 0 amide bonds. The van der Waals surface area contributed by atoms with E-state index < -0.39 is 0 Å². The van der Waals surface area contributed by atoms with Gasteiger partial charge in [0.25, 0.3) is 0 Å². The zero-order chi connectivity index (χ0) is 23.1. The number of benzene rings is 5. The molecule has 0 aliphatic carbocycles. The van der Waals surface area contributed by atoms with Crippen LogP contribution in [0.25, 0.3) is 71.4 Å². The number of nitrogens with zero attached hydrogens (tertiary/aromatic N) is 3. The largest absolute Gasteiger partial charge is 0.455 e. The number of para-hydroxylation sites is 3. The molecule has 0 saturated heterocycles. The Balaban J connectivity index is 1.69. The maximum Gasteiger partial charge on any atom is 0.235 e. The van der Waals surface area contributed by atoms with Crippen LogP contribution in [0, 0.1) is 6.92 Å². The van der Waals surface area contributed by atoms with Crippen LogP contribution in [0.1, 0.15) is 5.69 Å². The summed E-state index contributed by atoms with van der Waals surface area (Å²) in [4.78, 5) is 10.1. The van der Waals surface area contributed by atoms with Crippen molar-refractivity contribution >= 4 is 65.4 Å². The summed E-state index contributed by atoms with van der Waals surface area (Å²) < 4.78 is 8.70. The van der Waals surface area contributed by atoms with Gasteiger partial charge in [-0.15, -0.1) is 0 Å². The zero-order valence-electron chi connectivity index (χ0n) is 19.0. The smallest absolute Gasteiger partial charge is 0.235 e. The SMILES string of the molecule is Cc1nc(-n2c3ccccc3c3c4c5ccccc5oc4c4ccccc4c32)nc2ccccc12. The average Bonchev–Trinajstić information content (AvgIpc) is 3.45. The van der Waals surface area contributed by atoms with Crippen LogP contribution in [-0.2, 0) is 0 Å². The molecule has 0 aliphatic rings. The van der Waals surface area contributed by atoms with E-state index in [1.807, 2.05) is 24.3 Å². The quantitative estimate of drug-likeness (QED) is 0.254. The van der Waals surface area contributed by atoms with Gasteiger partial charge >= 0.3 is 0 Å². The van der Waals surface area contributed by atoms with Crippen molar-refractivity contribution in [1.82, 2.24) is 14.5 Å². The molecule has 8 rings (SSSR count). The maximum absolute atomic E-state index is 6.47. The fourth-order valence-corrected chi connectivity index (χ4v) is 5.65. The normalized spacial score (nSPS) is 12.1. The van der Waals surface area contributed by atoms with Crippen LogP contribution >= 0.6 is 0 Å². The lowest BCUT2D eigenvalue weighted by molar-refractivity contribution is 0.673. The molecule has 4 nitrogen and oxygen atoms in total. The molecule has 0 fully saturated rings. The van der Waals surface area contributed by atoms with Gasteiger partial charge < -0.3 is 4.42 Å². The minimum Gasteiger partial charge on any atom is -0.455 e. The summed E-state index contributed by atoms with van der Waals surface area (Å²) in [6.45, 7) is 2.06. The van der Waals surface area contributed by atoms with Gasteiger partial charge in [-0.1, -0.05) is 78.9 Å². The van der Waals surface area contributed by atoms with E-state index in [-0.39, 0.29) is 0 Å². The summed E-state index contributed by atoms with van der Waals surface area (Å²) in [7, 11) is 0. The Hall–Kier alpha value is -4.70. The van der Waals surface area contributed by atoms with E-state index in [1.165, 1.54) is 10.8 Å². The van der Waals surface area contributed by atoms with E-state index in [9.17, 15) is 0 Å². The highest BCUT2D eigenvalue weighted by atomic mass is 16.3. The molecule has 5 aromatic carbocycles. The van der Waals surface area contributed by atoms with E-state index in [2.05, 4.69) is 84.3 Å². The first-order chi connectivity index (χ1) is 17.3. The molecule has 35 heavy (non-hydrogen) atoms. The first-order valence-corrected chi connectivity index (χ1v) is 11.8. The standard InChI is InChI=1S/C31H19N3O/c1-18-19-10-4-7-15-24(19)33-31(32-18)34-25-16-8-5-13-22(25)27-28-23-14-6-9-17-26(23)35-30(28)21-12-3-2-11-20(21)29(27)34/h2-17H,1H3. The lowest BCUT2D eigenvalue weighted by Gasteiger charge is -2.11. The molecule has 4 heteroatoms. The molecule has 3 aromatic heterocycles. The van der Waals surface area contributed by atoms with Crippen LogP contribution in [0.3, 0.4) is 0 Å². The number of hydrogen-bond donors (Lipinski definition) is 0. The van der Waals surface area contributed by atoms with Crippen molar-refractivity contribution in [3.05, 3.63) is 103 Å². The van der Waals surface area contributed by atoms with Gasteiger partial charge in [0.2, 0.25) is 5.95 Å². The number of fused-ring (bicyclic) bond motifs is 11. The lowest BCUT2D eigenvalue weighted by atomic mass is 9.99. The maximum atomic E-state index is 6.47. The van der Waals surface area contributed by atoms with Crippen LogP contribution in [0.5, 0.6) is 0 Å². The fraction of sp³-hybridized carbons (Fsp3) is 0.0323. The van der Waals surface area contributed by atoms with Gasteiger partial charge in [-0.2, -0.15) is 0 Å². The molecule has 0 bridgehead atoms. The van der Waals surface area contributed by atoms with Crippen LogP contribution in [0.2, 0.25) is 0 Å². The van der Waals surface area contributed by atoms with Gasteiger partial charge in [-0.3, -0.25) is 4.57 Å². The van der Waals surface area contributed by atoms with Gasteiger partial charge in [-0.05, 0) is 25.1 Å². The predicted octanol–water partition coefficient (Wildman–Crippen LogP) is 8.09. The predicted molar refractivity (Wildman–Crippen MR) is 143 cm³/mol. The monoisotopic (exact) mass is 449 g/mol. The van der Waals surface area contributed by atoms with Gasteiger partial charge in [0.15, 0.2) is 0 Å². The highest BCUT2D eigenvalue weighted by Gasteiger charge is 2.23. The fourth-order valence-electron chi connectivity index (χ4n) is 5.65. The minimum absolute atomic E-state index is 0.685. The van der Waals surface area contributed by atoms with E-state index in [0.717, 1.165) is 60.3 Å². The molecular weight excluding hydrogens is 430 g/mol. The Morgan fingerprint density at radius 3 is 2.11 bits per heavy atom. The van der Waals surface area contributed by atoms with E-state index >= 15 is 0 Å². The molecular formula is C31H19N3O. The topological polar surface area (TPSA) is 43.9 Å². The number of hydrogen-bond acceptors (Lipinski definition) is 3. The van der Waals surface area contributed by atoms with Crippen LogP contribution < -0.4 is 0 Å². The molecule has 0 saturated carbocycles. The first kappa shape index (κ1) is 18.7. The van der Waals surface area contributed by atoms with Crippen molar-refractivity contribution in [2.75, 3.05) is 0 Å².